The number of nitriles is 1. The molecule has 84 valence electrons. The van der Waals surface area contributed by atoms with Crippen LogP contribution in [0.15, 0.2) is 24.3 Å². The molecule has 0 radical (unpaired) electrons. The highest BCUT2D eigenvalue weighted by molar-refractivity contribution is 6.17. The van der Waals surface area contributed by atoms with Gasteiger partial charge in [0.25, 0.3) is 0 Å². The minimum atomic E-state index is 0.103. The fraction of sp³-hybridized carbons (Fsp3) is 0.385. The van der Waals surface area contributed by atoms with E-state index in [4.69, 9.17) is 16.9 Å². The molecule has 0 heterocycles. The quantitative estimate of drug-likeness (QED) is 0.430. The van der Waals surface area contributed by atoms with Crippen LogP contribution < -0.4 is 0 Å². The molecule has 0 unspecified atom stereocenters. The van der Waals surface area contributed by atoms with E-state index in [0.29, 0.717) is 23.4 Å². The van der Waals surface area contributed by atoms with Crippen molar-refractivity contribution in [3.63, 3.8) is 0 Å². The van der Waals surface area contributed by atoms with Gasteiger partial charge in [-0.1, -0.05) is 18.6 Å². The molecule has 0 aliphatic rings. The normalized spacial score (nSPS) is 9.75. The number of ketones is 1. The van der Waals surface area contributed by atoms with E-state index >= 15 is 0 Å². The molecular weight excluding hydrogens is 222 g/mol. The van der Waals surface area contributed by atoms with Crippen LogP contribution in [0, 0.1) is 11.3 Å². The molecule has 1 aromatic carbocycles. The molecule has 1 rings (SSSR count). The Morgan fingerprint density at radius 3 is 2.81 bits per heavy atom. The fourth-order valence-electron chi connectivity index (χ4n) is 1.46. The molecular formula is C13H14ClNO. The van der Waals surface area contributed by atoms with Crippen molar-refractivity contribution < 1.29 is 4.79 Å². The Bertz CT molecular complexity index is 395. The molecule has 3 heteroatoms. The van der Waals surface area contributed by atoms with Crippen molar-refractivity contribution in [3.05, 3.63) is 35.4 Å². The summed E-state index contributed by atoms with van der Waals surface area (Å²) in [4.78, 5) is 11.7. The molecule has 16 heavy (non-hydrogen) atoms. The highest BCUT2D eigenvalue weighted by atomic mass is 35.5. The average molecular weight is 236 g/mol. The number of carbonyl (C=O) groups excluding carboxylic acids is 1. The second-order valence-corrected chi connectivity index (χ2v) is 3.99. The maximum absolute atomic E-state index is 11.7. The Hall–Kier alpha value is -1.33. The lowest BCUT2D eigenvalue weighted by Gasteiger charge is -2.01. The minimum absolute atomic E-state index is 0.103. The van der Waals surface area contributed by atoms with Crippen LogP contribution in [0.25, 0.3) is 0 Å². The van der Waals surface area contributed by atoms with Gasteiger partial charge in [-0.3, -0.25) is 4.79 Å². The van der Waals surface area contributed by atoms with E-state index in [1.54, 1.807) is 24.3 Å². The van der Waals surface area contributed by atoms with Crippen LogP contribution >= 0.6 is 11.6 Å². The molecule has 0 saturated carbocycles. The highest BCUT2D eigenvalue weighted by Crippen LogP contribution is 2.10. The molecule has 0 amide bonds. The number of halogens is 1. The maximum Gasteiger partial charge on any atom is 0.162 e. The summed E-state index contributed by atoms with van der Waals surface area (Å²) in [7, 11) is 0. The van der Waals surface area contributed by atoms with E-state index in [0.717, 1.165) is 19.3 Å². The molecule has 0 atom stereocenters. The number of nitrogens with zero attached hydrogens (tertiary/aromatic N) is 1. The molecule has 2 nitrogen and oxygen atoms in total. The third-order valence-corrected chi connectivity index (χ3v) is 2.62. The first-order chi connectivity index (χ1) is 7.77. The SMILES string of the molecule is N#Cc1cccc(C(=O)CCCCCCl)c1. The summed E-state index contributed by atoms with van der Waals surface area (Å²) in [5, 5.41) is 8.71. The number of rotatable bonds is 6. The number of carbonyl (C=O) groups is 1. The predicted molar refractivity (Wildman–Crippen MR) is 64.7 cm³/mol. The summed E-state index contributed by atoms with van der Waals surface area (Å²) in [6.07, 6.45) is 3.33. The number of hydrogen-bond acceptors (Lipinski definition) is 2. The van der Waals surface area contributed by atoms with E-state index in [1.807, 2.05) is 6.07 Å². The number of hydrogen-bond donors (Lipinski definition) is 0. The van der Waals surface area contributed by atoms with Gasteiger partial charge in [0.15, 0.2) is 5.78 Å². The molecule has 0 N–H and O–H groups in total. The van der Waals surface area contributed by atoms with Gasteiger partial charge < -0.3 is 0 Å². The molecule has 0 spiro atoms. The lowest BCUT2D eigenvalue weighted by molar-refractivity contribution is 0.0979. The molecule has 0 aliphatic carbocycles. The second-order valence-electron chi connectivity index (χ2n) is 3.62. The van der Waals surface area contributed by atoms with Gasteiger partial charge in [-0.05, 0) is 25.0 Å². The third-order valence-electron chi connectivity index (χ3n) is 2.35. The largest absolute Gasteiger partial charge is 0.294 e. The summed E-state index contributed by atoms with van der Waals surface area (Å²) in [5.74, 6) is 0.754. The van der Waals surface area contributed by atoms with Crippen molar-refractivity contribution in [2.45, 2.75) is 25.7 Å². The van der Waals surface area contributed by atoms with Crippen LogP contribution in [0.4, 0.5) is 0 Å². The monoisotopic (exact) mass is 235 g/mol. The molecule has 1 aromatic rings. The van der Waals surface area contributed by atoms with Gasteiger partial charge in [0, 0.05) is 17.9 Å². The third kappa shape index (κ3) is 4.04. The van der Waals surface area contributed by atoms with Gasteiger partial charge in [-0.25, -0.2) is 0 Å². The van der Waals surface area contributed by atoms with Gasteiger partial charge in [0.2, 0.25) is 0 Å². The predicted octanol–water partition coefficient (Wildman–Crippen LogP) is 3.54. The van der Waals surface area contributed by atoms with Gasteiger partial charge in [0.05, 0.1) is 11.6 Å². The van der Waals surface area contributed by atoms with Gasteiger partial charge in [0.1, 0.15) is 0 Å². The summed E-state index contributed by atoms with van der Waals surface area (Å²) in [6, 6.07) is 8.87. The van der Waals surface area contributed by atoms with Crippen molar-refractivity contribution in [1.82, 2.24) is 0 Å². The van der Waals surface area contributed by atoms with Crippen molar-refractivity contribution in [3.8, 4) is 6.07 Å². The number of Topliss-reactive ketones (excluding diaryl/α,β-unsaturated/α-hetero) is 1. The lowest BCUT2D eigenvalue weighted by Crippen LogP contribution is -1.99. The van der Waals surface area contributed by atoms with E-state index in [2.05, 4.69) is 0 Å². The van der Waals surface area contributed by atoms with E-state index in [-0.39, 0.29) is 5.78 Å². The van der Waals surface area contributed by atoms with E-state index in [9.17, 15) is 4.79 Å². The minimum Gasteiger partial charge on any atom is -0.294 e. The standard InChI is InChI=1S/C13H14ClNO/c14-8-3-1-2-7-13(16)12-6-4-5-11(9-12)10-15/h4-6,9H,1-3,7-8H2. The Balaban J connectivity index is 2.50. The average Bonchev–Trinajstić information content (AvgIpc) is 2.34. The zero-order valence-corrected chi connectivity index (χ0v) is 9.83. The Kier molecular flexibility index (Phi) is 5.60. The maximum atomic E-state index is 11.7. The summed E-state index contributed by atoms with van der Waals surface area (Å²) in [5.41, 5.74) is 1.16. The van der Waals surface area contributed by atoms with Crippen LogP contribution in [0.5, 0.6) is 0 Å². The Morgan fingerprint density at radius 1 is 1.31 bits per heavy atom. The van der Waals surface area contributed by atoms with Crippen molar-refractivity contribution in [1.29, 1.82) is 5.26 Å². The van der Waals surface area contributed by atoms with Gasteiger partial charge in [-0.2, -0.15) is 5.26 Å². The van der Waals surface area contributed by atoms with E-state index in [1.165, 1.54) is 0 Å². The molecule has 0 aromatic heterocycles. The van der Waals surface area contributed by atoms with Crippen LogP contribution in [0.1, 0.15) is 41.6 Å². The van der Waals surface area contributed by atoms with Crippen LogP contribution in [0.2, 0.25) is 0 Å². The first-order valence-electron chi connectivity index (χ1n) is 5.37. The van der Waals surface area contributed by atoms with Crippen molar-refractivity contribution in [2.24, 2.45) is 0 Å². The zero-order valence-electron chi connectivity index (χ0n) is 9.08. The van der Waals surface area contributed by atoms with Gasteiger partial charge in [-0.15, -0.1) is 11.6 Å². The lowest BCUT2D eigenvalue weighted by atomic mass is 10.0. The number of alkyl halides is 1. The van der Waals surface area contributed by atoms with Crippen LogP contribution in [-0.4, -0.2) is 11.7 Å². The molecule has 0 bridgehead atoms. The first kappa shape index (κ1) is 12.7. The summed E-state index contributed by atoms with van der Waals surface area (Å²) >= 11 is 5.55. The second kappa shape index (κ2) is 7.03. The zero-order chi connectivity index (χ0) is 11.8. The van der Waals surface area contributed by atoms with Crippen molar-refractivity contribution in [2.75, 3.05) is 5.88 Å². The Morgan fingerprint density at radius 2 is 2.12 bits per heavy atom. The molecule has 0 aliphatic heterocycles. The summed E-state index contributed by atoms with van der Waals surface area (Å²) in [6.45, 7) is 0. The number of unbranched alkanes of at least 4 members (excludes halogenated alkanes) is 2. The highest BCUT2D eigenvalue weighted by Gasteiger charge is 2.05. The molecule has 0 fully saturated rings. The molecule has 0 saturated heterocycles. The smallest absolute Gasteiger partial charge is 0.162 e. The summed E-state index contributed by atoms with van der Waals surface area (Å²) < 4.78 is 0. The van der Waals surface area contributed by atoms with E-state index < -0.39 is 0 Å². The topological polar surface area (TPSA) is 40.9 Å². The van der Waals surface area contributed by atoms with Crippen LogP contribution in [-0.2, 0) is 0 Å². The Labute approximate surface area is 101 Å². The first-order valence-corrected chi connectivity index (χ1v) is 5.90. The van der Waals surface area contributed by atoms with Crippen LogP contribution in [0.3, 0.4) is 0 Å². The van der Waals surface area contributed by atoms with Crippen molar-refractivity contribution >= 4 is 17.4 Å². The fourth-order valence-corrected chi connectivity index (χ4v) is 1.65. The van der Waals surface area contributed by atoms with Gasteiger partial charge >= 0.3 is 0 Å². The number of benzene rings is 1.